The van der Waals surface area contributed by atoms with Crippen LogP contribution in [0.3, 0.4) is 0 Å². The highest BCUT2D eigenvalue weighted by molar-refractivity contribution is 5.28. The van der Waals surface area contributed by atoms with Gasteiger partial charge in [0.05, 0.1) is 12.6 Å². The molecule has 0 aliphatic rings. The molecule has 0 fully saturated rings. The maximum Gasteiger partial charge on any atom is 0.119 e. The van der Waals surface area contributed by atoms with E-state index >= 15 is 0 Å². The number of hydrogen-bond donors (Lipinski definition) is 1. The van der Waals surface area contributed by atoms with Crippen LogP contribution in [0, 0.1) is 0 Å². The average Bonchev–Trinajstić information content (AvgIpc) is 2.54. The molecule has 2 rings (SSSR count). The molecule has 0 unspecified atom stereocenters. The van der Waals surface area contributed by atoms with Gasteiger partial charge in [-0.1, -0.05) is 47.6 Å². The van der Waals surface area contributed by atoms with E-state index in [1.165, 1.54) is 0 Å². The summed E-state index contributed by atoms with van der Waals surface area (Å²) >= 11 is 0. The first-order chi connectivity index (χ1) is 10.3. The fraction of sp³-hybridized carbons (Fsp3) is 0.250. The van der Waals surface area contributed by atoms with Crippen molar-refractivity contribution in [1.29, 1.82) is 0 Å². The molecule has 1 N–H and O–H groups in total. The van der Waals surface area contributed by atoms with Crippen LogP contribution in [0.4, 0.5) is 0 Å². The van der Waals surface area contributed by atoms with Gasteiger partial charge in [-0.2, -0.15) is 0 Å². The lowest BCUT2D eigenvalue weighted by Gasteiger charge is -2.09. The zero-order chi connectivity index (χ0) is 14.9. The minimum atomic E-state index is -0.425. The quantitative estimate of drug-likeness (QED) is 0.479. The van der Waals surface area contributed by atoms with E-state index in [1.54, 1.807) is 0 Å². The summed E-state index contributed by atoms with van der Waals surface area (Å²) in [5.74, 6) is 0.784. The maximum atomic E-state index is 9.09. The minimum Gasteiger partial charge on any atom is -0.489 e. The van der Waals surface area contributed by atoms with Crippen LogP contribution >= 0.6 is 0 Å². The molecule has 0 amide bonds. The van der Waals surface area contributed by atoms with Gasteiger partial charge in [-0.25, -0.2) is 0 Å². The maximum absolute atomic E-state index is 9.09. The lowest BCUT2D eigenvalue weighted by molar-refractivity contribution is 0.265. The summed E-state index contributed by atoms with van der Waals surface area (Å²) in [6.45, 7) is 0.370. The van der Waals surface area contributed by atoms with Gasteiger partial charge in [-0.05, 0) is 35.2 Å². The standard InChI is InChI=1S/C16H17N3O2/c17-19-18-15(11-20)10-13-6-8-16(9-7-13)21-12-14-4-2-1-3-5-14/h1-9,15,20H,10-12H2/t15-/m0/s1. The van der Waals surface area contributed by atoms with Gasteiger partial charge in [-0.15, -0.1) is 0 Å². The molecule has 0 saturated heterocycles. The van der Waals surface area contributed by atoms with E-state index in [-0.39, 0.29) is 6.61 Å². The second-order valence-corrected chi connectivity index (χ2v) is 4.66. The molecular weight excluding hydrogens is 266 g/mol. The topological polar surface area (TPSA) is 78.2 Å². The Hall–Kier alpha value is -2.49. The van der Waals surface area contributed by atoms with Crippen LogP contribution in [0.5, 0.6) is 5.75 Å². The Morgan fingerprint density at radius 3 is 2.38 bits per heavy atom. The molecule has 1 atom stereocenters. The molecule has 108 valence electrons. The van der Waals surface area contributed by atoms with Crippen molar-refractivity contribution in [3.05, 3.63) is 76.2 Å². The van der Waals surface area contributed by atoms with Gasteiger partial charge in [0, 0.05) is 4.91 Å². The molecule has 0 bridgehead atoms. The molecule has 0 aliphatic carbocycles. The van der Waals surface area contributed by atoms with Crippen molar-refractivity contribution in [3.63, 3.8) is 0 Å². The summed E-state index contributed by atoms with van der Waals surface area (Å²) in [6, 6.07) is 17.1. The SMILES string of the molecule is [N-]=[N+]=N[C@H](CO)Cc1ccc(OCc2ccccc2)cc1. The molecule has 5 heteroatoms. The summed E-state index contributed by atoms with van der Waals surface area (Å²) < 4.78 is 5.69. The van der Waals surface area contributed by atoms with Crippen molar-refractivity contribution in [2.24, 2.45) is 5.11 Å². The highest BCUT2D eigenvalue weighted by Gasteiger charge is 2.06. The number of ether oxygens (including phenoxy) is 1. The van der Waals surface area contributed by atoms with Crippen LogP contribution in [0.15, 0.2) is 59.7 Å². The Labute approximate surface area is 123 Å². The Kier molecular flexibility index (Phi) is 5.64. The van der Waals surface area contributed by atoms with E-state index in [4.69, 9.17) is 15.4 Å². The van der Waals surface area contributed by atoms with E-state index in [1.807, 2.05) is 54.6 Å². The third kappa shape index (κ3) is 4.84. The Morgan fingerprint density at radius 1 is 1.05 bits per heavy atom. The Bertz CT molecular complexity index is 593. The molecule has 21 heavy (non-hydrogen) atoms. The largest absolute Gasteiger partial charge is 0.489 e. The van der Waals surface area contributed by atoms with Crippen molar-refractivity contribution >= 4 is 0 Å². The van der Waals surface area contributed by atoms with E-state index < -0.39 is 6.04 Å². The summed E-state index contributed by atoms with van der Waals surface area (Å²) in [6.07, 6.45) is 0.513. The number of nitrogens with zero attached hydrogens (tertiary/aromatic N) is 3. The third-order valence-corrected chi connectivity index (χ3v) is 3.07. The van der Waals surface area contributed by atoms with E-state index in [0.717, 1.165) is 16.9 Å². The van der Waals surface area contributed by atoms with Crippen LogP contribution < -0.4 is 4.74 Å². The monoisotopic (exact) mass is 283 g/mol. The molecule has 0 spiro atoms. The van der Waals surface area contributed by atoms with Crippen LogP contribution in [0.25, 0.3) is 10.4 Å². The van der Waals surface area contributed by atoms with Crippen LogP contribution in [-0.4, -0.2) is 17.8 Å². The fourth-order valence-electron chi connectivity index (χ4n) is 1.95. The lowest BCUT2D eigenvalue weighted by Crippen LogP contribution is -2.12. The first-order valence-corrected chi connectivity index (χ1v) is 6.72. The van der Waals surface area contributed by atoms with Crippen molar-refractivity contribution in [2.45, 2.75) is 19.1 Å². The van der Waals surface area contributed by atoms with Crippen molar-refractivity contribution < 1.29 is 9.84 Å². The summed E-state index contributed by atoms with van der Waals surface area (Å²) in [5.41, 5.74) is 10.5. The molecule has 0 saturated carbocycles. The fourth-order valence-corrected chi connectivity index (χ4v) is 1.95. The van der Waals surface area contributed by atoms with Crippen molar-refractivity contribution in [3.8, 4) is 5.75 Å². The predicted octanol–water partition coefficient (Wildman–Crippen LogP) is 3.48. The molecule has 2 aromatic rings. The predicted molar refractivity (Wildman–Crippen MR) is 80.9 cm³/mol. The smallest absolute Gasteiger partial charge is 0.119 e. The molecule has 0 aromatic heterocycles. The molecular formula is C16H17N3O2. The first-order valence-electron chi connectivity index (χ1n) is 6.72. The summed E-state index contributed by atoms with van der Waals surface area (Å²) in [4.78, 5) is 2.72. The first kappa shape index (κ1) is 14.9. The number of aliphatic hydroxyl groups excluding tert-OH is 1. The third-order valence-electron chi connectivity index (χ3n) is 3.07. The van der Waals surface area contributed by atoms with E-state index in [2.05, 4.69) is 10.0 Å². The zero-order valence-corrected chi connectivity index (χ0v) is 11.6. The molecule has 0 aliphatic heterocycles. The zero-order valence-electron chi connectivity index (χ0n) is 11.6. The highest BCUT2D eigenvalue weighted by Crippen LogP contribution is 2.16. The minimum absolute atomic E-state index is 0.156. The van der Waals surface area contributed by atoms with Gasteiger partial charge in [0.2, 0.25) is 0 Å². The van der Waals surface area contributed by atoms with Gasteiger partial charge in [0.25, 0.3) is 0 Å². The lowest BCUT2D eigenvalue weighted by atomic mass is 10.1. The number of benzene rings is 2. The van der Waals surface area contributed by atoms with Gasteiger partial charge in [0.15, 0.2) is 0 Å². The average molecular weight is 283 g/mol. The second-order valence-electron chi connectivity index (χ2n) is 4.66. The van der Waals surface area contributed by atoms with Crippen LogP contribution in [0.1, 0.15) is 11.1 Å². The number of aliphatic hydroxyl groups is 1. The van der Waals surface area contributed by atoms with Gasteiger partial charge < -0.3 is 9.84 Å². The van der Waals surface area contributed by atoms with Crippen molar-refractivity contribution in [1.82, 2.24) is 0 Å². The van der Waals surface area contributed by atoms with E-state index in [0.29, 0.717) is 13.0 Å². The van der Waals surface area contributed by atoms with Crippen molar-refractivity contribution in [2.75, 3.05) is 6.61 Å². The molecule has 0 heterocycles. The van der Waals surface area contributed by atoms with E-state index in [9.17, 15) is 0 Å². The second kappa shape index (κ2) is 7.94. The van der Waals surface area contributed by atoms with Gasteiger partial charge in [0.1, 0.15) is 12.4 Å². The van der Waals surface area contributed by atoms with Gasteiger partial charge >= 0.3 is 0 Å². The highest BCUT2D eigenvalue weighted by atomic mass is 16.5. The number of hydrogen-bond acceptors (Lipinski definition) is 3. The molecule has 0 radical (unpaired) electrons. The molecule has 2 aromatic carbocycles. The summed E-state index contributed by atoms with van der Waals surface area (Å²) in [7, 11) is 0. The Morgan fingerprint density at radius 2 is 1.76 bits per heavy atom. The molecule has 5 nitrogen and oxygen atoms in total. The Balaban J connectivity index is 1.91. The summed E-state index contributed by atoms with van der Waals surface area (Å²) in [5, 5.41) is 12.6. The number of rotatable bonds is 7. The number of azide groups is 1. The van der Waals surface area contributed by atoms with Crippen LogP contribution in [0.2, 0.25) is 0 Å². The van der Waals surface area contributed by atoms with Gasteiger partial charge in [-0.3, -0.25) is 0 Å². The van der Waals surface area contributed by atoms with Crippen LogP contribution in [-0.2, 0) is 13.0 Å². The normalized spacial score (nSPS) is 11.5.